The Morgan fingerprint density at radius 1 is 0.968 bits per heavy atom. The summed E-state index contributed by atoms with van der Waals surface area (Å²) in [6.07, 6.45) is 1.52. The Bertz CT molecular complexity index is 818. The van der Waals surface area contributed by atoms with Crippen molar-refractivity contribution < 1.29 is 14.3 Å². The van der Waals surface area contributed by atoms with Gasteiger partial charge >= 0.3 is 0 Å². The number of ether oxygens (including phenoxy) is 1. The third kappa shape index (κ3) is 7.74. The number of rotatable bonds is 11. The molecule has 5 nitrogen and oxygen atoms in total. The van der Waals surface area contributed by atoms with Crippen molar-refractivity contribution in [2.24, 2.45) is 0 Å². The van der Waals surface area contributed by atoms with Crippen molar-refractivity contribution >= 4 is 11.8 Å². The average molecular weight is 425 g/mol. The quantitative estimate of drug-likeness (QED) is 0.575. The van der Waals surface area contributed by atoms with E-state index in [2.05, 4.69) is 19.2 Å². The van der Waals surface area contributed by atoms with Crippen molar-refractivity contribution in [1.82, 2.24) is 10.2 Å². The molecule has 0 aliphatic heterocycles. The van der Waals surface area contributed by atoms with Gasteiger partial charge in [-0.25, -0.2) is 0 Å². The van der Waals surface area contributed by atoms with Crippen LogP contribution in [0, 0.1) is 0 Å². The van der Waals surface area contributed by atoms with E-state index in [1.807, 2.05) is 68.4 Å². The molecule has 2 aromatic rings. The van der Waals surface area contributed by atoms with E-state index in [0.717, 1.165) is 12.0 Å². The van der Waals surface area contributed by atoms with Crippen molar-refractivity contribution in [2.45, 2.75) is 65.5 Å². The van der Waals surface area contributed by atoms with E-state index in [0.29, 0.717) is 24.6 Å². The molecule has 0 unspecified atom stereocenters. The first kappa shape index (κ1) is 24.4. The van der Waals surface area contributed by atoms with E-state index in [1.54, 1.807) is 11.8 Å². The summed E-state index contributed by atoms with van der Waals surface area (Å²) in [5, 5.41) is 2.98. The summed E-state index contributed by atoms with van der Waals surface area (Å²) in [5.74, 6) is 0.749. The Kier molecular flexibility index (Phi) is 9.57. The van der Waals surface area contributed by atoms with Crippen molar-refractivity contribution in [3.63, 3.8) is 0 Å². The van der Waals surface area contributed by atoms with E-state index in [1.165, 1.54) is 5.56 Å². The molecule has 2 atom stereocenters. The number of hydrogen-bond donors (Lipinski definition) is 1. The Labute approximate surface area is 186 Å². The van der Waals surface area contributed by atoms with Crippen LogP contribution in [-0.4, -0.2) is 41.9 Å². The number of benzene rings is 2. The Morgan fingerprint density at radius 2 is 1.61 bits per heavy atom. The van der Waals surface area contributed by atoms with E-state index < -0.39 is 6.04 Å². The smallest absolute Gasteiger partial charge is 0.261 e. The Balaban J connectivity index is 2.05. The maximum atomic E-state index is 13.0. The van der Waals surface area contributed by atoms with Crippen LogP contribution in [0.15, 0.2) is 54.6 Å². The molecule has 168 valence electrons. The second kappa shape index (κ2) is 12.1. The van der Waals surface area contributed by atoms with E-state index in [4.69, 9.17) is 4.74 Å². The molecule has 0 bridgehead atoms. The summed E-state index contributed by atoms with van der Waals surface area (Å²) >= 11 is 0. The molecule has 2 aromatic carbocycles. The predicted molar refractivity (Wildman–Crippen MR) is 125 cm³/mol. The van der Waals surface area contributed by atoms with Gasteiger partial charge in [0, 0.05) is 12.6 Å². The Morgan fingerprint density at radius 3 is 2.19 bits per heavy atom. The fourth-order valence-electron chi connectivity index (χ4n) is 3.21. The highest BCUT2D eigenvalue weighted by atomic mass is 16.5. The van der Waals surface area contributed by atoms with Gasteiger partial charge in [0.1, 0.15) is 11.8 Å². The monoisotopic (exact) mass is 424 g/mol. The van der Waals surface area contributed by atoms with Gasteiger partial charge in [0.15, 0.2) is 6.61 Å². The van der Waals surface area contributed by atoms with Gasteiger partial charge < -0.3 is 15.0 Å². The van der Waals surface area contributed by atoms with E-state index in [9.17, 15) is 9.59 Å². The minimum absolute atomic E-state index is 0.0664. The van der Waals surface area contributed by atoms with Crippen LogP contribution in [0.2, 0.25) is 0 Å². The average Bonchev–Trinajstić information content (AvgIpc) is 2.78. The van der Waals surface area contributed by atoms with Crippen LogP contribution in [0.4, 0.5) is 0 Å². The van der Waals surface area contributed by atoms with Crippen LogP contribution in [-0.2, 0) is 16.0 Å². The first-order chi connectivity index (χ1) is 14.8. The van der Waals surface area contributed by atoms with Gasteiger partial charge in [-0.15, -0.1) is 0 Å². The van der Waals surface area contributed by atoms with Crippen molar-refractivity contribution in [1.29, 1.82) is 0 Å². The molecule has 5 heteroatoms. The number of nitrogens with one attached hydrogen (secondary N) is 1. The second-order valence-electron chi connectivity index (χ2n) is 8.33. The molecule has 0 fully saturated rings. The first-order valence-corrected chi connectivity index (χ1v) is 11.2. The molecule has 0 saturated heterocycles. The summed E-state index contributed by atoms with van der Waals surface area (Å²) in [6.45, 7) is 10.4. The van der Waals surface area contributed by atoms with Crippen LogP contribution in [0.25, 0.3) is 0 Å². The third-order valence-electron chi connectivity index (χ3n) is 5.56. The lowest BCUT2D eigenvalue weighted by molar-refractivity contribution is -0.141. The second-order valence-corrected chi connectivity index (χ2v) is 8.33. The van der Waals surface area contributed by atoms with Crippen LogP contribution in [0.1, 0.15) is 58.1 Å². The molecule has 31 heavy (non-hydrogen) atoms. The van der Waals surface area contributed by atoms with Crippen LogP contribution >= 0.6 is 0 Å². The molecule has 0 radical (unpaired) electrons. The molecule has 2 amide bonds. The highest BCUT2D eigenvalue weighted by Gasteiger charge is 2.26. The molecular weight excluding hydrogens is 388 g/mol. The zero-order chi connectivity index (χ0) is 22.8. The van der Waals surface area contributed by atoms with Gasteiger partial charge in [-0.2, -0.15) is 0 Å². The number of carbonyl (C=O) groups excluding carboxylic acids is 2. The van der Waals surface area contributed by atoms with Gasteiger partial charge in [-0.3, -0.25) is 9.59 Å². The topological polar surface area (TPSA) is 58.6 Å². The fraction of sp³-hybridized carbons (Fsp3) is 0.462. The molecular formula is C26H36N2O3. The molecule has 0 aromatic heterocycles. The standard InChI is InChI=1S/C26H36N2O3/c1-6-20(4)27-26(30)21(5)28(17-16-22-10-8-7-9-11-22)25(29)18-31-24-14-12-23(13-15-24)19(2)3/h7-15,19-21H,6,16-18H2,1-5H3,(H,27,30)/t20-,21-/m1/s1. The number of nitrogens with zero attached hydrogens (tertiary/aromatic N) is 1. The van der Waals surface area contributed by atoms with Gasteiger partial charge in [0.25, 0.3) is 5.91 Å². The Hall–Kier alpha value is -2.82. The van der Waals surface area contributed by atoms with Crippen LogP contribution < -0.4 is 10.1 Å². The first-order valence-electron chi connectivity index (χ1n) is 11.2. The lowest BCUT2D eigenvalue weighted by Crippen LogP contribution is -2.51. The number of carbonyl (C=O) groups is 2. The highest BCUT2D eigenvalue weighted by Crippen LogP contribution is 2.18. The SMILES string of the molecule is CC[C@@H](C)NC(=O)[C@@H](C)N(CCc1ccccc1)C(=O)COc1ccc(C(C)C)cc1. The van der Waals surface area contributed by atoms with Crippen molar-refractivity contribution in [2.75, 3.05) is 13.2 Å². The summed E-state index contributed by atoms with van der Waals surface area (Å²) in [7, 11) is 0. The summed E-state index contributed by atoms with van der Waals surface area (Å²) in [6, 6.07) is 17.3. The fourth-order valence-corrected chi connectivity index (χ4v) is 3.21. The van der Waals surface area contributed by atoms with Gasteiger partial charge in [-0.1, -0.05) is 63.2 Å². The minimum Gasteiger partial charge on any atom is -0.484 e. The van der Waals surface area contributed by atoms with Crippen molar-refractivity contribution in [3.05, 3.63) is 65.7 Å². The molecule has 2 rings (SSSR count). The molecule has 0 saturated carbocycles. The molecule has 1 N–H and O–H groups in total. The number of hydrogen-bond acceptors (Lipinski definition) is 3. The minimum atomic E-state index is -0.572. The summed E-state index contributed by atoms with van der Waals surface area (Å²) in [4.78, 5) is 27.4. The largest absolute Gasteiger partial charge is 0.484 e. The zero-order valence-corrected chi connectivity index (χ0v) is 19.4. The van der Waals surface area contributed by atoms with Gasteiger partial charge in [-0.05, 0) is 55.9 Å². The summed E-state index contributed by atoms with van der Waals surface area (Å²) < 4.78 is 5.74. The van der Waals surface area contributed by atoms with Crippen LogP contribution in [0.3, 0.4) is 0 Å². The molecule has 0 aliphatic carbocycles. The zero-order valence-electron chi connectivity index (χ0n) is 19.4. The predicted octanol–water partition coefficient (Wildman–Crippen LogP) is 4.56. The van der Waals surface area contributed by atoms with Crippen molar-refractivity contribution in [3.8, 4) is 5.75 Å². The third-order valence-corrected chi connectivity index (χ3v) is 5.56. The lowest BCUT2D eigenvalue weighted by atomic mass is 10.0. The highest BCUT2D eigenvalue weighted by molar-refractivity contribution is 5.88. The molecule has 0 aliphatic rings. The van der Waals surface area contributed by atoms with E-state index >= 15 is 0 Å². The van der Waals surface area contributed by atoms with E-state index in [-0.39, 0.29) is 24.5 Å². The maximum absolute atomic E-state index is 13.0. The maximum Gasteiger partial charge on any atom is 0.261 e. The summed E-state index contributed by atoms with van der Waals surface area (Å²) in [5.41, 5.74) is 2.35. The van der Waals surface area contributed by atoms with Gasteiger partial charge in [0.05, 0.1) is 0 Å². The van der Waals surface area contributed by atoms with Crippen LogP contribution in [0.5, 0.6) is 5.75 Å². The molecule has 0 heterocycles. The normalized spacial score (nSPS) is 12.8. The molecule has 0 spiro atoms. The van der Waals surface area contributed by atoms with Gasteiger partial charge in [0.2, 0.25) is 5.91 Å². The lowest BCUT2D eigenvalue weighted by Gasteiger charge is -2.29. The number of amides is 2.